The van der Waals surface area contributed by atoms with Gasteiger partial charge in [0.1, 0.15) is 0 Å². The van der Waals surface area contributed by atoms with Crippen molar-refractivity contribution in [2.24, 2.45) is 0 Å². The van der Waals surface area contributed by atoms with Gasteiger partial charge in [0.25, 0.3) is 5.91 Å². The second kappa shape index (κ2) is 8.47. The quantitative estimate of drug-likeness (QED) is 0.690. The zero-order valence-corrected chi connectivity index (χ0v) is 11.0. The number of hydrogen-bond acceptors (Lipinski definition) is 4. The van der Waals surface area contributed by atoms with Gasteiger partial charge in [0.2, 0.25) is 0 Å². The maximum Gasteiger partial charge on any atom is 0.254 e. The summed E-state index contributed by atoms with van der Waals surface area (Å²) in [7, 11) is 0. The highest BCUT2D eigenvalue weighted by Gasteiger charge is 2.09. The summed E-state index contributed by atoms with van der Waals surface area (Å²) in [6.07, 6.45) is 4.07. The van der Waals surface area contributed by atoms with Crippen molar-refractivity contribution >= 4 is 11.6 Å². The van der Waals surface area contributed by atoms with E-state index in [2.05, 4.69) is 15.6 Å². The van der Waals surface area contributed by atoms with Gasteiger partial charge in [0.15, 0.2) is 0 Å². The molecule has 0 aliphatic heterocycles. The maximum absolute atomic E-state index is 11.9. The number of ether oxygens (including phenoxy) is 1. The van der Waals surface area contributed by atoms with Crippen LogP contribution in [0.3, 0.4) is 0 Å². The first-order valence-electron chi connectivity index (χ1n) is 6.33. The van der Waals surface area contributed by atoms with Crippen molar-refractivity contribution in [1.82, 2.24) is 10.3 Å². The molecule has 5 heteroatoms. The first-order chi connectivity index (χ1) is 8.79. The van der Waals surface area contributed by atoms with Crippen molar-refractivity contribution in [3.05, 3.63) is 24.0 Å². The zero-order valence-electron chi connectivity index (χ0n) is 11.0. The predicted molar refractivity (Wildman–Crippen MR) is 71.8 cm³/mol. The average molecular weight is 251 g/mol. The highest BCUT2D eigenvalue weighted by molar-refractivity contribution is 5.99. The average Bonchev–Trinajstić information content (AvgIpc) is 2.39. The van der Waals surface area contributed by atoms with Crippen LogP contribution >= 0.6 is 0 Å². The number of nitrogens with zero attached hydrogens (tertiary/aromatic N) is 1. The minimum atomic E-state index is -0.101. The predicted octanol–water partition coefficient (Wildman–Crippen LogP) is 1.67. The minimum absolute atomic E-state index is 0.101. The molecule has 100 valence electrons. The number of rotatable bonds is 8. The van der Waals surface area contributed by atoms with Crippen molar-refractivity contribution in [1.29, 1.82) is 0 Å². The van der Waals surface area contributed by atoms with E-state index >= 15 is 0 Å². The highest BCUT2D eigenvalue weighted by Crippen LogP contribution is 2.12. The SMILES string of the molecule is CCNc1ccncc1C(=O)NCCCOCC. The van der Waals surface area contributed by atoms with Crippen LogP contribution in [-0.4, -0.2) is 37.2 Å². The van der Waals surface area contributed by atoms with Crippen molar-refractivity contribution in [2.75, 3.05) is 31.6 Å². The van der Waals surface area contributed by atoms with Gasteiger partial charge in [-0.2, -0.15) is 0 Å². The smallest absolute Gasteiger partial charge is 0.254 e. The van der Waals surface area contributed by atoms with Gasteiger partial charge in [0.05, 0.1) is 11.3 Å². The Morgan fingerprint density at radius 2 is 2.28 bits per heavy atom. The monoisotopic (exact) mass is 251 g/mol. The number of amides is 1. The van der Waals surface area contributed by atoms with E-state index in [0.717, 1.165) is 18.7 Å². The van der Waals surface area contributed by atoms with Crippen molar-refractivity contribution in [2.45, 2.75) is 20.3 Å². The zero-order chi connectivity index (χ0) is 13.2. The molecule has 0 unspecified atom stereocenters. The molecule has 0 aliphatic carbocycles. The van der Waals surface area contributed by atoms with Crippen LogP contribution in [0.1, 0.15) is 30.6 Å². The molecule has 0 bridgehead atoms. The van der Waals surface area contributed by atoms with Gasteiger partial charge >= 0.3 is 0 Å². The molecular weight excluding hydrogens is 230 g/mol. The van der Waals surface area contributed by atoms with Gasteiger partial charge in [-0.3, -0.25) is 9.78 Å². The summed E-state index contributed by atoms with van der Waals surface area (Å²) in [5, 5.41) is 6.00. The Labute approximate surface area is 108 Å². The Kier molecular flexibility index (Phi) is 6.79. The van der Waals surface area contributed by atoms with Crippen LogP contribution in [0.15, 0.2) is 18.5 Å². The van der Waals surface area contributed by atoms with E-state index in [9.17, 15) is 4.79 Å². The largest absolute Gasteiger partial charge is 0.385 e. The second-order valence-corrected chi connectivity index (χ2v) is 3.76. The summed E-state index contributed by atoms with van der Waals surface area (Å²) in [5.74, 6) is -0.101. The number of carbonyl (C=O) groups is 1. The van der Waals surface area contributed by atoms with Crippen LogP contribution in [-0.2, 0) is 4.74 Å². The molecule has 0 saturated carbocycles. The van der Waals surface area contributed by atoms with Crippen molar-refractivity contribution in [3.63, 3.8) is 0 Å². The first kappa shape index (κ1) is 14.4. The third-order valence-corrected chi connectivity index (χ3v) is 2.39. The van der Waals surface area contributed by atoms with Gasteiger partial charge < -0.3 is 15.4 Å². The topological polar surface area (TPSA) is 63.2 Å². The molecular formula is C13H21N3O2. The number of carbonyl (C=O) groups excluding carboxylic acids is 1. The van der Waals surface area contributed by atoms with E-state index < -0.39 is 0 Å². The molecule has 0 aliphatic rings. The Morgan fingerprint density at radius 3 is 3.00 bits per heavy atom. The van der Waals surface area contributed by atoms with Gasteiger partial charge in [-0.1, -0.05) is 0 Å². The molecule has 1 rings (SSSR count). The molecule has 1 aromatic heterocycles. The number of nitrogens with one attached hydrogen (secondary N) is 2. The fourth-order valence-corrected chi connectivity index (χ4v) is 1.54. The lowest BCUT2D eigenvalue weighted by atomic mass is 10.2. The third-order valence-electron chi connectivity index (χ3n) is 2.39. The molecule has 1 heterocycles. The van der Waals surface area contributed by atoms with Crippen LogP contribution in [0.4, 0.5) is 5.69 Å². The lowest BCUT2D eigenvalue weighted by molar-refractivity contribution is 0.0944. The van der Waals surface area contributed by atoms with Crippen molar-refractivity contribution in [3.8, 4) is 0 Å². The van der Waals surface area contributed by atoms with Crippen LogP contribution < -0.4 is 10.6 Å². The van der Waals surface area contributed by atoms with Crippen LogP contribution in [0.25, 0.3) is 0 Å². The van der Waals surface area contributed by atoms with Crippen LogP contribution in [0, 0.1) is 0 Å². The van der Waals surface area contributed by atoms with E-state index in [4.69, 9.17) is 4.74 Å². The Balaban J connectivity index is 2.45. The molecule has 1 aromatic rings. The first-order valence-corrected chi connectivity index (χ1v) is 6.33. The summed E-state index contributed by atoms with van der Waals surface area (Å²) in [6.45, 7) is 6.71. The lowest BCUT2D eigenvalue weighted by Crippen LogP contribution is -2.26. The molecule has 0 fully saturated rings. The van der Waals surface area contributed by atoms with Crippen LogP contribution in [0.2, 0.25) is 0 Å². The molecule has 0 saturated heterocycles. The lowest BCUT2D eigenvalue weighted by Gasteiger charge is -2.10. The molecule has 0 aromatic carbocycles. The normalized spacial score (nSPS) is 10.1. The molecule has 0 radical (unpaired) electrons. The molecule has 18 heavy (non-hydrogen) atoms. The maximum atomic E-state index is 11.9. The molecule has 1 amide bonds. The Bertz CT molecular complexity index is 369. The standard InChI is InChI=1S/C13H21N3O2/c1-3-15-12-6-8-14-10-11(12)13(17)16-7-5-9-18-4-2/h6,8,10H,3-5,7,9H2,1-2H3,(H,14,15)(H,16,17). The third kappa shape index (κ3) is 4.71. The summed E-state index contributed by atoms with van der Waals surface area (Å²) in [5.41, 5.74) is 1.39. The number of pyridine rings is 1. The summed E-state index contributed by atoms with van der Waals surface area (Å²) in [4.78, 5) is 15.9. The van der Waals surface area contributed by atoms with Gasteiger partial charge in [0, 0.05) is 38.7 Å². The summed E-state index contributed by atoms with van der Waals surface area (Å²) < 4.78 is 5.21. The highest BCUT2D eigenvalue weighted by atomic mass is 16.5. The number of hydrogen-bond donors (Lipinski definition) is 2. The minimum Gasteiger partial charge on any atom is -0.385 e. The summed E-state index contributed by atoms with van der Waals surface area (Å²) >= 11 is 0. The molecule has 0 atom stereocenters. The molecule has 2 N–H and O–H groups in total. The van der Waals surface area contributed by atoms with E-state index in [1.54, 1.807) is 18.5 Å². The molecule has 0 spiro atoms. The second-order valence-electron chi connectivity index (χ2n) is 3.76. The van der Waals surface area contributed by atoms with E-state index in [1.165, 1.54) is 0 Å². The summed E-state index contributed by atoms with van der Waals surface area (Å²) in [6, 6.07) is 1.80. The Hall–Kier alpha value is -1.62. The van der Waals surface area contributed by atoms with E-state index in [0.29, 0.717) is 25.3 Å². The van der Waals surface area contributed by atoms with Gasteiger partial charge in [-0.15, -0.1) is 0 Å². The van der Waals surface area contributed by atoms with E-state index in [-0.39, 0.29) is 5.91 Å². The van der Waals surface area contributed by atoms with Crippen molar-refractivity contribution < 1.29 is 9.53 Å². The van der Waals surface area contributed by atoms with Crippen LogP contribution in [0.5, 0.6) is 0 Å². The van der Waals surface area contributed by atoms with Gasteiger partial charge in [-0.05, 0) is 26.3 Å². The van der Waals surface area contributed by atoms with E-state index in [1.807, 2.05) is 13.8 Å². The fraction of sp³-hybridized carbons (Fsp3) is 0.538. The molecule has 5 nitrogen and oxygen atoms in total. The van der Waals surface area contributed by atoms with Gasteiger partial charge in [-0.25, -0.2) is 0 Å². The number of anilines is 1. The fourth-order valence-electron chi connectivity index (χ4n) is 1.54. The number of aromatic nitrogens is 1. The Morgan fingerprint density at radius 1 is 1.44 bits per heavy atom.